The topological polar surface area (TPSA) is 63.8 Å². The molecule has 2 aromatic heterocycles. The molecular weight excluding hydrogens is 252 g/mol. The van der Waals surface area contributed by atoms with Crippen LogP contribution in [-0.4, -0.2) is 21.2 Å². The standard InChI is InChI=1S/C15H20N4O/c1-10-5-7-12(8-6-10)18-14-13(4-3-9-16-14)15-17-11(2)19-20-15/h3-4,9-10,12H,5-8H2,1-2H3,(H,16,18). The summed E-state index contributed by atoms with van der Waals surface area (Å²) >= 11 is 0. The largest absolute Gasteiger partial charge is 0.367 e. The molecule has 0 aliphatic heterocycles. The SMILES string of the molecule is Cc1noc(-c2cccnc2NC2CCC(C)CC2)n1. The van der Waals surface area contributed by atoms with Crippen LogP contribution in [0.15, 0.2) is 22.9 Å². The van der Waals surface area contributed by atoms with E-state index in [1.807, 2.05) is 19.1 Å². The molecule has 106 valence electrons. The minimum absolute atomic E-state index is 0.490. The quantitative estimate of drug-likeness (QED) is 0.927. The Morgan fingerprint density at radius 2 is 2.05 bits per heavy atom. The van der Waals surface area contributed by atoms with Crippen LogP contribution in [0.4, 0.5) is 5.82 Å². The fourth-order valence-corrected chi connectivity index (χ4v) is 2.70. The average molecular weight is 272 g/mol. The lowest BCUT2D eigenvalue weighted by molar-refractivity contribution is 0.360. The van der Waals surface area contributed by atoms with Crippen LogP contribution >= 0.6 is 0 Å². The number of anilines is 1. The van der Waals surface area contributed by atoms with Gasteiger partial charge in [-0.05, 0) is 50.7 Å². The van der Waals surface area contributed by atoms with E-state index in [0.717, 1.165) is 17.3 Å². The van der Waals surface area contributed by atoms with Crippen molar-refractivity contribution in [3.8, 4) is 11.5 Å². The van der Waals surface area contributed by atoms with E-state index >= 15 is 0 Å². The van der Waals surface area contributed by atoms with Gasteiger partial charge in [-0.1, -0.05) is 12.1 Å². The molecule has 0 spiro atoms. The molecule has 20 heavy (non-hydrogen) atoms. The Balaban J connectivity index is 1.80. The van der Waals surface area contributed by atoms with Crippen molar-refractivity contribution in [3.05, 3.63) is 24.2 Å². The van der Waals surface area contributed by atoms with E-state index in [1.165, 1.54) is 25.7 Å². The van der Waals surface area contributed by atoms with Crippen LogP contribution < -0.4 is 5.32 Å². The van der Waals surface area contributed by atoms with Crippen molar-refractivity contribution in [1.82, 2.24) is 15.1 Å². The molecule has 5 heteroatoms. The molecular formula is C15H20N4O. The fourth-order valence-electron chi connectivity index (χ4n) is 2.70. The van der Waals surface area contributed by atoms with Gasteiger partial charge in [-0.2, -0.15) is 4.98 Å². The van der Waals surface area contributed by atoms with Gasteiger partial charge in [0, 0.05) is 12.2 Å². The third kappa shape index (κ3) is 2.81. The third-order valence-electron chi connectivity index (χ3n) is 3.92. The van der Waals surface area contributed by atoms with Gasteiger partial charge in [0.2, 0.25) is 0 Å². The Kier molecular flexibility index (Phi) is 3.67. The molecule has 1 saturated carbocycles. The molecule has 1 aliphatic carbocycles. The van der Waals surface area contributed by atoms with Gasteiger partial charge in [0.05, 0.1) is 5.56 Å². The van der Waals surface area contributed by atoms with Gasteiger partial charge in [0.25, 0.3) is 5.89 Å². The molecule has 0 unspecified atom stereocenters. The van der Waals surface area contributed by atoms with Crippen LogP contribution in [0.5, 0.6) is 0 Å². The molecule has 0 aromatic carbocycles. The Morgan fingerprint density at radius 3 is 2.75 bits per heavy atom. The summed E-state index contributed by atoms with van der Waals surface area (Å²) in [5.41, 5.74) is 0.881. The summed E-state index contributed by atoms with van der Waals surface area (Å²) < 4.78 is 5.26. The summed E-state index contributed by atoms with van der Waals surface area (Å²) in [6.45, 7) is 4.14. The smallest absolute Gasteiger partial charge is 0.261 e. The lowest BCUT2D eigenvalue weighted by Gasteiger charge is -2.27. The lowest BCUT2D eigenvalue weighted by Crippen LogP contribution is -2.25. The number of hydrogen-bond donors (Lipinski definition) is 1. The summed E-state index contributed by atoms with van der Waals surface area (Å²) in [7, 11) is 0. The van der Waals surface area contributed by atoms with Crippen molar-refractivity contribution in [1.29, 1.82) is 0 Å². The highest BCUT2D eigenvalue weighted by Gasteiger charge is 2.20. The molecule has 0 saturated heterocycles. The van der Waals surface area contributed by atoms with E-state index in [4.69, 9.17) is 4.52 Å². The third-order valence-corrected chi connectivity index (χ3v) is 3.92. The highest BCUT2D eigenvalue weighted by Crippen LogP contribution is 2.29. The molecule has 0 bridgehead atoms. The van der Waals surface area contributed by atoms with Gasteiger partial charge in [0.1, 0.15) is 5.82 Å². The predicted octanol–water partition coefficient (Wildman–Crippen LogP) is 3.43. The van der Waals surface area contributed by atoms with Crippen molar-refractivity contribution in [3.63, 3.8) is 0 Å². The molecule has 2 aromatic rings. The number of pyridine rings is 1. The second-order valence-corrected chi connectivity index (χ2v) is 5.65. The molecule has 0 amide bonds. The van der Waals surface area contributed by atoms with E-state index < -0.39 is 0 Å². The minimum atomic E-state index is 0.490. The fraction of sp³-hybridized carbons (Fsp3) is 0.533. The van der Waals surface area contributed by atoms with Crippen molar-refractivity contribution in [2.75, 3.05) is 5.32 Å². The first-order valence-corrected chi connectivity index (χ1v) is 7.24. The monoisotopic (exact) mass is 272 g/mol. The summed E-state index contributed by atoms with van der Waals surface area (Å²) in [4.78, 5) is 8.73. The van der Waals surface area contributed by atoms with Crippen LogP contribution in [0.2, 0.25) is 0 Å². The van der Waals surface area contributed by atoms with Gasteiger partial charge in [0.15, 0.2) is 5.82 Å². The second kappa shape index (κ2) is 5.61. The van der Waals surface area contributed by atoms with E-state index in [9.17, 15) is 0 Å². The molecule has 1 N–H and O–H groups in total. The highest BCUT2D eigenvalue weighted by molar-refractivity contribution is 5.68. The van der Waals surface area contributed by atoms with Crippen LogP contribution in [0.1, 0.15) is 38.4 Å². The van der Waals surface area contributed by atoms with Gasteiger partial charge in [-0.25, -0.2) is 4.98 Å². The predicted molar refractivity (Wildman–Crippen MR) is 77.3 cm³/mol. The van der Waals surface area contributed by atoms with Crippen molar-refractivity contribution < 1.29 is 4.52 Å². The summed E-state index contributed by atoms with van der Waals surface area (Å²) in [6.07, 6.45) is 6.74. The summed E-state index contributed by atoms with van der Waals surface area (Å²) in [6, 6.07) is 4.35. The van der Waals surface area contributed by atoms with Gasteiger partial charge in [-0.15, -0.1) is 0 Å². The molecule has 1 fully saturated rings. The Labute approximate surface area is 118 Å². The summed E-state index contributed by atoms with van der Waals surface area (Å²) in [5, 5.41) is 7.39. The molecule has 0 atom stereocenters. The van der Waals surface area contributed by atoms with Crippen LogP contribution in [-0.2, 0) is 0 Å². The van der Waals surface area contributed by atoms with Crippen molar-refractivity contribution in [2.24, 2.45) is 5.92 Å². The molecule has 5 nitrogen and oxygen atoms in total. The number of aryl methyl sites for hydroxylation is 1. The Bertz CT molecular complexity index is 573. The first-order valence-electron chi connectivity index (χ1n) is 7.24. The zero-order valence-corrected chi connectivity index (χ0v) is 12.0. The van der Waals surface area contributed by atoms with Crippen molar-refractivity contribution in [2.45, 2.75) is 45.6 Å². The molecule has 2 heterocycles. The number of rotatable bonds is 3. The highest BCUT2D eigenvalue weighted by atomic mass is 16.5. The number of nitrogens with zero attached hydrogens (tertiary/aromatic N) is 3. The molecule has 3 rings (SSSR count). The maximum Gasteiger partial charge on any atom is 0.261 e. The van der Waals surface area contributed by atoms with E-state index in [2.05, 4.69) is 27.4 Å². The van der Waals surface area contributed by atoms with Gasteiger partial charge < -0.3 is 9.84 Å². The molecule has 0 radical (unpaired) electrons. The zero-order valence-electron chi connectivity index (χ0n) is 12.0. The van der Waals surface area contributed by atoms with Crippen LogP contribution in [0.25, 0.3) is 11.5 Å². The van der Waals surface area contributed by atoms with E-state index in [0.29, 0.717) is 17.8 Å². The maximum atomic E-state index is 5.26. The Hall–Kier alpha value is -1.91. The Morgan fingerprint density at radius 1 is 1.25 bits per heavy atom. The first kappa shape index (κ1) is 13.1. The van der Waals surface area contributed by atoms with Crippen LogP contribution in [0, 0.1) is 12.8 Å². The van der Waals surface area contributed by atoms with Crippen molar-refractivity contribution >= 4 is 5.82 Å². The normalized spacial score (nSPS) is 22.7. The second-order valence-electron chi connectivity index (χ2n) is 5.65. The van der Waals surface area contributed by atoms with Gasteiger partial charge in [-0.3, -0.25) is 0 Å². The average Bonchev–Trinajstić information content (AvgIpc) is 2.88. The summed E-state index contributed by atoms with van der Waals surface area (Å²) in [5.74, 6) is 2.86. The van der Waals surface area contributed by atoms with Gasteiger partial charge >= 0.3 is 0 Å². The first-order chi connectivity index (χ1) is 9.72. The molecule has 1 aliphatic rings. The number of hydrogen-bond acceptors (Lipinski definition) is 5. The number of aromatic nitrogens is 3. The maximum absolute atomic E-state index is 5.26. The van der Waals surface area contributed by atoms with E-state index in [-0.39, 0.29) is 0 Å². The minimum Gasteiger partial charge on any atom is -0.367 e. The zero-order chi connectivity index (χ0) is 13.9. The van der Waals surface area contributed by atoms with Crippen LogP contribution in [0.3, 0.4) is 0 Å². The van der Waals surface area contributed by atoms with E-state index in [1.54, 1.807) is 6.20 Å². The lowest BCUT2D eigenvalue weighted by atomic mass is 9.87. The number of nitrogens with one attached hydrogen (secondary N) is 1.